The van der Waals surface area contributed by atoms with Crippen LogP contribution in [0.5, 0.6) is 0 Å². The molecule has 36 heavy (non-hydrogen) atoms. The largest absolute Gasteiger partial charge is 0.464 e. The fourth-order valence-corrected chi connectivity index (χ4v) is 5.31. The topological polar surface area (TPSA) is 149 Å². The number of hydrogen-bond donors (Lipinski definition) is 5. The minimum Gasteiger partial charge on any atom is -0.464 e. The Bertz CT molecular complexity index is 1100. The van der Waals surface area contributed by atoms with Crippen LogP contribution in [0.2, 0.25) is 0 Å². The zero-order valence-electron chi connectivity index (χ0n) is 20.2. The number of rotatable bonds is 8. The van der Waals surface area contributed by atoms with E-state index < -0.39 is 17.7 Å². The average Bonchev–Trinajstić information content (AvgIpc) is 3.27. The summed E-state index contributed by atoms with van der Waals surface area (Å²) in [5, 5.41) is 22.4. The second-order valence-electron chi connectivity index (χ2n) is 9.75. The maximum Gasteiger partial charge on any atom is 0.417 e. The average molecular weight is 492 g/mol. The van der Waals surface area contributed by atoms with Crippen molar-refractivity contribution in [3.8, 4) is 0 Å². The first kappa shape index (κ1) is 25.4. The molecule has 9 heteroatoms. The predicted octanol–water partition coefficient (Wildman–Crippen LogP) is 2.96. The molecule has 0 spiro atoms. The Labute approximate surface area is 210 Å². The number of nitrogens with zero attached hydrogens (tertiary/aromatic N) is 1. The minimum atomic E-state index is -1.25. The van der Waals surface area contributed by atoms with Gasteiger partial charge in [0, 0.05) is 19.4 Å². The lowest BCUT2D eigenvalue weighted by molar-refractivity contribution is -0.134. The van der Waals surface area contributed by atoms with Crippen molar-refractivity contribution in [2.45, 2.75) is 63.1 Å². The third-order valence-electron chi connectivity index (χ3n) is 7.36. The van der Waals surface area contributed by atoms with Gasteiger partial charge in [0.05, 0.1) is 18.1 Å². The molecule has 0 unspecified atom stereocenters. The van der Waals surface area contributed by atoms with Crippen molar-refractivity contribution in [3.05, 3.63) is 65.2 Å². The summed E-state index contributed by atoms with van der Waals surface area (Å²) >= 11 is 0. The summed E-state index contributed by atoms with van der Waals surface area (Å²) in [5.74, 6) is -0.430. The van der Waals surface area contributed by atoms with E-state index in [1.54, 1.807) is 24.3 Å². The fraction of sp³-hybridized carbons (Fsp3) is 0.407. The zero-order valence-corrected chi connectivity index (χ0v) is 20.2. The van der Waals surface area contributed by atoms with Crippen LogP contribution < -0.4 is 21.3 Å². The lowest BCUT2D eigenvalue weighted by Crippen LogP contribution is -2.63. The van der Waals surface area contributed by atoms with E-state index in [0.29, 0.717) is 18.5 Å². The summed E-state index contributed by atoms with van der Waals surface area (Å²) in [6.45, 7) is 0.208. The second kappa shape index (κ2) is 10.9. The van der Waals surface area contributed by atoms with Gasteiger partial charge in [-0.2, -0.15) is 0 Å². The van der Waals surface area contributed by atoms with E-state index in [0.717, 1.165) is 53.6 Å². The van der Waals surface area contributed by atoms with Crippen molar-refractivity contribution >= 4 is 29.9 Å². The third kappa shape index (κ3) is 5.41. The SMILES string of the molecule is N=CN(C(=O)O)c1ccc(CNC(=O)C2(NC(=O)[C@H](N)C3CCCCC3)Cc3ccccc3C2)cc1. The van der Waals surface area contributed by atoms with Crippen molar-refractivity contribution in [2.24, 2.45) is 11.7 Å². The Morgan fingerprint density at radius 3 is 2.22 bits per heavy atom. The van der Waals surface area contributed by atoms with E-state index in [2.05, 4.69) is 10.6 Å². The van der Waals surface area contributed by atoms with E-state index >= 15 is 0 Å². The number of amides is 3. The first-order valence-electron chi connectivity index (χ1n) is 12.4. The number of carboxylic acid groups (broad SMARTS) is 1. The molecule has 0 heterocycles. The van der Waals surface area contributed by atoms with E-state index in [-0.39, 0.29) is 24.3 Å². The van der Waals surface area contributed by atoms with Gasteiger partial charge >= 0.3 is 6.09 Å². The van der Waals surface area contributed by atoms with Gasteiger partial charge in [0.15, 0.2) is 0 Å². The molecule has 0 radical (unpaired) electrons. The Kier molecular flexibility index (Phi) is 7.69. The lowest BCUT2D eigenvalue weighted by atomic mass is 9.83. The molecule has 1 atom stereocenters. The van der Waals surface area contributed by atoms with Gasteiger partial charge in [0.2, 0.25) is 11.8 Å². The molecule has 0 saturated heterocycles. The van der Waals surface area contributed by atoms with Gasteiger partial charge in [0.1, 0.15) is 5.54 Å². The second-order valence-corrected chi connectivity index (χ2v) is 9.75. The molecule has 1 saturated carbocycles. The van der Waals surface area contributed by atoms with Crippen LogP contribution in [0.1, 0.15) is 48.8 Å². The quantitative estimate of drug-likeness (QED) is 0.284. The number of anilines is 1. The van der Waals surface area contributed by atoms with Crippen molar-refractivity contribution in [1.82, 2.24) is 10.6 Å². The Morgan fingerprint density at radius 1 is 1.06 bits per heavy atom. The highest BCUT2D eigenvalue weighted by Crippen LogP contribution is 2.32. The van der Waals surface area contributed by atoms with E-state index in [4.69, 9.17) is 16.2 Å². The summed E-state index contributed by atoms with van der Waals surface area (Å²) in [4.78, 5) is 38.8. The molecule has 9 nitrogen and oxygen atoms in total. The van der Waals surface area contributed by atoms with Crippen LogP contribution in [-0.2, 0) is 29.0 Å². The van der Waals surface area contributed by atoms with Crippen molar-refractivity contribution < 1.29 is 19.5 Å². The van der Waals surface area contributed by atoms with Crippen LogP contribution in [-0.4, -0.2) is 40.9 Å². The first-order chi connectivity index (χ1) is 17.3. The van der Waals surface area contributed by atoms with Gasteiger partial charge in [-0.25, -0.2) is 9.69 Å². The van der Waals surface area contributed by atoms with E-state index in [9.17, 15) is 14.4 Å². The number of fused-ring (bicyclic) bond motifs is 1. The molecule has 2 aromatic carbocycles. The standard InChI is InChI=1S/C27H33N5O4/c28-17-32(26(35)36)22-12-10-18(11-13-22)16-30-25(34)27(14-20-8-4-5-9-21(20)15-27)31-24(33)23(29)19-6-2-1-3-7-19/h4-5,8-13,17,19,23,28H,1-3,6-7,14-16,29H2,(H,30,34)(H,31,33)(H,35,36)/t23-/m1/s1. The molecule has 1 fully saturated rings. The van der Waals surface area contributed by atoms with Crippen LogP contribution >= 0.6 is 0 Å². The summed E-state index contributed by atoms with van der Waals surface area (Å²) in [7, 11) is 0. The zero-order chi connectivity index (χ0) is 25.7. The number of carbonyl (C=O) groups excluding carboxylic acids is 2. The smallest absolute Gasteiger partial charge is 0.417 e. The van der Waals surface area contributed by atoms with Crippen LogP contribution in [0.25, 0.3) is 0 Å². The third-order valence-corrected chi connectivity index (χ3v) is 7.36. The maximum atomic E-state index is 13.6. The maximum absolute atomic E-state index is 13.6. The van der Waals surface area contributed by atoms with Gasteiger partial charge in [-0.3, -0.25) is 15.0 Å². The lowest BCUT2D eigenvalue weighted by Gasteiger charge is -2.33. The molecule has 190 valence electrons. The molecule has 0 aromatic heterocycles. The molecule has 2 aromatic rings. The Balaban J connectivity index is 1.47. The highest BCUT2D eigenvalue weighted by atomic mass is 16.4. The van der Waals surface area contributed by atoms with Gasteiger partial charge in [-0.1, -0.05) is 55.7 Å². The Morgan fingerprint density at radius 2 is 1.67 bits per heavy atom. The van der Waals surface area contributed by atoms with Gasteiger partial charge in [-0.05, 0) is 47.6 Å². The number of nitrogens with one attached hydrogen (secondary N) is 3. The van der Waals surface area contributed by atoms with E-state index in [1.165, 1.54) is 6.42 Å². The molecule has 3 amide bonds. The molecule has 4 rings (SSSR count). The summed E-state index contributed by atoms with van der Waals surface area (Å²) < 4.78 is 0. The number of nitrogens with two attached hydrogens (primary N) is 1. The summed E-state index contributed by atoms with van der Waals surface area (Å²) in [6.07, 6.45) is 5.44. The van der Waals surface area contributed by atoms with Crippen LogP contribution in [0.3, 0.4) is 0 Å². The predicted molar refractivity (Wildman–Crippen MR) is 137 cm³/mol. The highest BCUT2D eigenvalue weighted by Gasteiger charge is 2.46. The number of carbonyl (C=O) groups is 3. The highest BCUT2D eigenvalue weighted by molar-refractivity contribution is 6.03. The van der Waals surface area contributed by atoms with Gasteiger partial charge in [0.25, 0.3) is 0 Å². The molecule has 6 N–H and O–H groups in total. The monoisotopic (exact) mass is 491 g/mol. The van der Waals surface area contributed by atoms with Crippen molar-refractivity contribution in [2.75, 3.05) is 4.90 Å². The molecule has 2 aliphatic carbocycles. The van der Waals surface area contributed by atoms with Crippen LogP contribution in [0, 0.1) is 11.3 Å². The van der Waals surface area contributed by atoms with Gasteiger partial charge in [-0.15, -0.1) is 0 Å². The van der Waals surface area contributed by atoms with Crippen molar-refractivity contribution in [1.29, 1.82) is 5.41 Å². The Hall–Kier alpha value is -3.72. The molecule has 0 bridgehead atoms. The normalized spacial score (nSPS) is 17.5. The van der Waals surface area contributed by atoms with Crippen molar-refractivity contribution in [3.63, 3.8) is 0 Å². The summed E-state index contributed by atoms with van der Waals surface area (Å²) in [5.41, 5.74) is 8.41. The van der Waals surface area contributed by atoms with Gasteiger partial charge < -0.3 is 21.5 Å². The molecule has 0 aliphatic heterocycles. The van der Waals surface area contributed by atoms with Crippen LogP contribution in [0.4, 0.5) is 10.5 Å². The fourth-order valence-electron chi connectivity index (χ4n) is 5.31. The first-order valence-corrected chi connectivity index (χ1v) is 12.4. The summed E-state index contributed by atoms with van der Waals surface area (Å²) in [6, 6.07) is 13.7. The van der Waals surface area contributed by atoms with Crippen LogP contribution in [0.15, 0.2) is 48.5 Å². The number of hydrogen-bond acceptors (Lipinski definition) is 5. The molecule has 2 aliphatic rings. The minimum absolute atomic E-state index is 0.132. The molecular formula is C27H33N5O4. The number of benzene rings is 2. The van der Waals surface area contributed by atoms with E-state index in [1.807, 2.05) is 24.3 Å². The molecular weight excluding hydrogens is 458 g/mol.